The molecule has 0 aliphatic heterocycles. The third-order valence-electron chi connectivity index (χ3n) is 2.78. The van der Waals surface area contributed by atoms with Gasteiger partial charge in [0.15, 0.2) is 0 Å². The highest BCUT2D eigenvalue weighted by Gasteiger charge is 2.25. The van der Waals surface area contributed by atoms with Crippen LogP contribution in [0.15, 0.2) is 12.1 Å². The zero-order valence-electron chi connectivity index (χ0n) is 11.5. The topological polar surface area (TPSA) is 95.5 Å². The predicted molar refractivity (Wildman–Crippen MR) is 71.2 cm³/mol. The van der Waals surface area contributed by atoms with Crippen LogP contribution in [0.2, 0.25) is 0 Å². The Hall–Kier alpha value is -2.11. The maximum absolute atomic E-state index is 11.1. The Kier molecular flexibility index (Phi) is 4.14. The molecule has 1 aromatic carbocycles. The Morgan fingerprint density at radius 3 is 2.37 bits per heavy atom. The molecule has 1 amide bonds. The van der Waals surface area contributed by atoms with Crippen LogP contribution in [0, 0.1) is 10.1 Å². The number of carbonyl (C=O) groups excluding carboxylic acids is 1. The van der Waals surface area contributed by atoms with Gasteiger partial charge in [-0.25, -0.2) is 0 Å². The van der Waals surface area contributed by atoms with Gasteiger partial charge in [0, 0.05) is 11.6 Å². The van der Waals surface area contributed by atoms with Gasteiger partial charge in [-0.3, -0.25) is 14.9 Å². The van der Waals surface area contributed by atoms with Crippen LogP contribution in [0.4, 0.5) is 5.69 Å². The molecule has 0 spiro atoms. The Balaban J connectivity index is 3.54. The van der Waals surface area contributed by atoms with Crippen LogP contribution in [-0.2, 0) is 16.6 Å². The van der Waals surface area contributed by atoms with E-state index in [0.29, 0.717) is 5.56 Å². The predicted octanol–water partition coefficient (Wildman–Crippen LogP) is 1.93. The summed E-state index contributed by atoms with van der Waals surface area (Å²) in [5.74, 6) is -0.463. The van der Waals surface area contributed by atoms with E-state index in [1.807, 2.05) is 20.8 Å². The summed E-state index contributed by atoms with van der Waals surface area (Å²) in [6.45, 7) is 5.81. The average molecular weight is 266 g/mol. The van der Waals surface area contributed by atoms with Crippen molar-refractivity contribution in [2.75, 3.05) is 7.11 Å². The molecule has 0 aliphatic rings. The summed E-state index contributed by atoms with van der Waals surface area (Å²) in [7, 11) is 1.34. The van der Waals surface area contributed by atoms with E-state index in [9.17, 15) is 14.9 Å². The van der Waals surface area contributed by atoms with E-state index in [1.54, 1.807) is 6.07 Å². The lowest BCUT2D eigenvalue weighted by Crippen LogP contribution is -2.17. The Labute approximate surface area is 111 Å². The molecule has 0 fully saturated rings. The molecule has 6 heteroatoms. The number of rotatable bonds is 4. The van der Waals surface area contributed by atoms with Crippen LogP contribution in [-0.4, -0.2) is 17.9 Å². The van der Waals surface area contributed by atoms with Crippen molar-refractivity contribution in [3.05, 3.63) is 33.4 Å². The van der Waals surface area contributed by atoms with Gasteiger partial charge in [-0.1, -0.05) is 26.8 Å². The lowest BCUT2D eigenvalue weighted by atomic mass is 9.85. The Bertz CT molecular complexity index is 518. The van der Waals surface area contributed by atoms with E-state index in [-0.39, 0.29) is 23.3 Å². The molecular weight excluding hydrogens is 248 g/mol. The monoisotopic (exact) mass is 266 g/mol. The highest BCUT2D eigenvalue weighted by molar-refractivity contribution is 5.78. The number of nitrogens with two attached hydrogens (primary N) is 1. The van der Waals surface area contributed by atoms with Crippen molar-refractivity contribution in [3.63, 3.8) is 0 Å². The summed E-state index contributed by atoms with van der Waals surface area (Å²) >= 11 is 0. The van der Waals surface area contributed by atoms with Gasteiger partial charge in [-0.15, -0.1) is 0 Å². The number of carbonyl (C=O) groups is 1. The first-order valence-electron chi connectivity index (χ1n) is 5.81. The van der Waals surface area contributed by atoms with E-state index in [1.165, 1.54) is 13.2 Å². The van der Waals surface area contributed by atoms with Gasteiger partial charge in [0.2, 0.25) is 11.7 Å². The smallest absolute Gasteiger partial charge is 0.311 e. The molecule has 0 saturated heterocycles. The largest absolute Gasteiger partial charge is 0.490 e. The zero-order chi connectivity index (χ0) is 14.8. The second-order valence-corrected chi connectivity index (χ2v) is 5.34. The summed E-state index contributed by atoms with van der Waals surface area (Å²) in [5, 5.41) is 11.1. The molecule has 0 atom stereocenters. The standard InChI is InChI=1S/C13H18N2O4/c1-13(2,3)9-5-8(6-11(14)16)12(19-4)10(7-9)15(17)18/h5,7H,6H2,1-4H3,(H2,14,16). The average Bonchev–Trinajstić information content (AvgIpc) is 2.25. The SMILES string of the molecule is COc1c(CC(N)=O)cc(C(C)(C)C)cc1[N+](=O)[O-]. The van der Waals surface area contributed by atoms with Gasteiger partial charge in [-0.05, 0) is 11.0 Å². The fourth-order valence-corrected chi connectivity index (χ4v) is 1.80. The van der Waals surface area contributed by atoms with Crippen molar-refractivity contribution < 1.29 is 14.5 Å². The highest BCUT2D eigenvalue weighted by Crippen LogP contribution is 2.36. The summed E-state index contributed by atoms with van der Waals surface area (Å²) in [6.07, 6.45) is -0.0894. The minimum absolute atomic E-state index is 0.0894. The Morgan fingerprint density at radius 2 is 2.00 bits per heavy atom. The van der Waals surface area contributed by atoms with Gasteiger partial charge < -0.3 is 10.5 Å². The number of primary amides is 1. The number of hydrogen-bond donors (Lipinski definition) is 1. The second kappa shape index (κ2) is 5.26. The van der Waals surface area contributed by atoms with Crippen LogP contribution < -0.4 is 10.5 Å². The van der Waals surface area contributed by atoms with Crippen molar-refractivity contribution in [3.8, 4) is 5.75 Å². The summed E-state index contributed by atoms with van der Waals surface area (Å²) in [6, 6.07) is 3.21. The molecule has 2 N–H and O–H groups in total. The molecule has 0 radical (unpaired) electrons. The number of benzene rings is 1. The number of ether oxygens (including phenoxy) is 1. The molecular formula is C13H18N2O4. The van der Waals surface area contributed by atoms with Gasteiger partial charge in [0.05, 0.1) is 18.5 Å². The number of hydrogen-bond acceptors (Lipinski definition) is 4. The van der Waals surface area contributed by atoms with E-state index in [4.69, 9.17) is 10.5 Å². The normalized spacial score (nSPS) is 11.2. The Morgan fingerprint density at radius 1 is 1.42 bits per heavy atom. The third-order valence-corrected chi connectivity index (χ3v) is 2.78. The number of nitro benzene ring substituents is 1. The van der Waals surface area contributed by atoms with Gasteiger partial charge in [-0.2, -0.15) is 0 Å². The molecule has 0 aromatic heterocycles. The second-order valence-electron chi connectivity index (χ2n) is 5.34. The van der Waals surface area contributed by atoms with Crippen LogP contribution >= 0.6 is 0 Å². The zero-order valence-corrected chi connectivity index (χ0v) is 11.5. The van der Waals surface area contributed by atoms with Crippen molar-refractivity contribution in [2.45, 2.75) is 32.6 Å². The number of nitrogens with zero attached hydrogens (tertiary/aromatic N) is 1. The van der Waals surface area contributed by atoms with E-state index >= 15 is 0 Å². The molecule has 6 nitrogen and oxygen atoms in total. The minimum atomic E-state index is -0.557. The molecule has 19 heavy (non-hydrogen) atoms. The first kappa shape index (κ1) is 14.9. The van der Waals surface area contributed by atoms with Crippen LogP contribution in [0.1, 0.15) is 31.9 Å². The van der Waals surface area contributed by atoms with Gasteiger partial charge >= 0.3 is 5.69 Å². The maximum Gasteiger partial charge on any atom is 0.311 e. The maximum atomic E-state index is 11.1. The lowest BCUT2D eigenvalue weighted by molar-refractivity contribution is -0.385. The minimum Gasteiger partial charge on any atom is -0.490 e. The first-order valence-corrected chi connectivity index (χ1v) is 5.81. The molecule has 0 heterocycles. The molecule has 0 saturated carbocycles. The van der Waals surface area contributed by atoms with Gasteiger partial charge in [0.25, 0.3) is 0 Å². The van der Waals surface area contributed by atoms with Crippen molar-refractivity contribution in [1.82, 2.24) is 0 Å². The van der Waals surface area contributed by atoms with Crippen molar-refractivity contribution in [2.24, 2.45) is 5.73 Å². The van der Waals surface area contributed by atoms with E-state index in [0.717, 1.165) is 5.56 Å². The first-order chi connectivity index (χ1) is 8.66. The number of methoxy groups -OCH3 is 1. The summed E-state index contributed by atoms with van der Waals surface area (Å²) < 4.78 is 5.06. The quantitative estimate of drug-likeness (QED) is 0.665. The summed E-state index contributed by atoms with van der Waals surface area (Å²) in [5.41, 5.74) is 5.95. The highest BCUT2D eigenvalue weighted by atomic mass is 16.6. The fourth-order valence-electron chi connectivity index (χ4n) is 1.80. The van der Waals surface area contributed by atoms with Crippen LogP contribution in [0.25, 0.3) is 0 Å². The number of amides is 1. The third kappa shape index (κ3) is 3.43. The van der Waals surface area contributed by atoms with Crippen molar-refractivity contribution in [1.29, 1.82) is 0 Å². The summed E-state index contributed by atoms with van der Waals surface area (Å²) in [4.78, 5) is 21.7. The van der Waals surface area contributed by atoms with E-state index in [2.05, 4.69) is 0 Å². The molecule has 104 valence electrons. The molecule has 0 unspecified atom stereocenters. The van der Waals surface area contributed by atoms with Crippen LogP contribution in [0.3, 0.4) is 0 Å². The number of nitro groups is 1. The lowest BCUT2D eigenvalue weighted by Gasteiger charge is -2.21. The van der Waals surface area contributed by atoms with Crippen LogP contribution in [0.5, 0.6) is 5.75 Å². The van der Waals surface area contributed by atoms with Crippen molar-refractivity contribution >= 4 is 11.6 Å². The fraction of sp³-hybridized carbons (Fsp3) is 0.462. The molecule has 0 bridgehead atoms. The van der Waals surface area contributed by atoms with Gasteiger partial charge in [0.1, 0.15) is 0 Å². The van der Waals surface area contributed by atoms with E-state index < -0.39 is 10.8 Å². The molecule has 0 aliphatic carbocycles. The molecule has 1 aromatic rings. The molecule has 1 rings (SSSR count).